The summed E-state index contributed by atoms with van der Waals surface area (Å²) in [4.78, 5) is 11.3. The molecular weight excluding hydrogens is 104 g/mol. The van der Waals surface area contributed by atoms with Gasteiger partial charge in [-0.05, 0) is 0 Å². The summed E-state index contributed by atoms with van der Waals surface area (Å²) in [6, 6.07) is 0.0243. The van der Waals surface area contributed by atoms with E-state index in [4.69, 9.17) is 0 Å². The summed E-state index contributed by atoms with van der Waals surface area (Å²) < 4.78 is 0. The molecule has 2 amide bonds. The predicted octanol–water partition coefficient (Wildman–Crippen LogP) is -1.22. The average molecular weight is 114 g/mol. The van der Waals surface area contributed by atoms with Gasteiger partial charge < -0.3 is 10.2 Å². The molecule has 0 saturated carbocycles. The van der Waals surface area contributed by atoms with Gasteiger partial charge in [0.1, 0.15) is 0 Å². The lowest BCUT2D eigenvalue weighted by molar-refractivity contribution is -0.769. The summed E-state index contributed by atoms with van der Waals surface area (Å²) in [6.07, 6.45) is 1.05. The van der Waals surface area contributed by atoms with Crippen LogP contribution in [0.3, 0.4) is 0 Å². The molecule has 8 heavy (non-hydrogen) atoms. The molecule has 0 aromatic carbocycles. The van der Waals surface area contributed by atoms with Crippen molar-refractivity contribution >= 4 is 6.03 Å². The van der Waals surface area contributed by atoms with Gasteiger partial charge in [-0.1, -0.05) is 0 Å². The van der Waals surface area contributed by atoms with Gasteiger partial charge in [0.15, 0.2) is 0 Å². The number of carbonyl (C=O) groups excluding carboxylic acids is 1. The molecule has 0 aliphatic carbocycles. The third kappa shape index (κ3) is 0.980. The minimum atomic E-state index is 0.0243. The number of amides is 2. The number of urea groups is 1. The number of rotatable bonds is 0. The van der Waals surface area contributed by atoms with Crippen LogP contribution in [-0.2, 0) is 0 Å². The van der Waals surface area contributed by atoms with Crippen LogP contribution in [-0.4, -0.2) is 19.1 Å². The first-order chi connectivity index (χ1) is 3.80. The summed E-state index contributed by atoms with van der Waals surface area (Å²) in [5.41, 5.74) is 0. The Bertz CT molecular complexity index is 103. The van der Waals surface area contributed by atoms with E-state index in [-0.39, 0.29) is 6.03 Å². The molecule has 1 aliphatic rings. The highest BCUT2D eigenvalue weighted by Gasteiger charge is 2.12. The van der Waals surface area contributed by atoms with Crippen molar-refractivity contribution in [2.45, 2.75) is 6.42 Å². The molecule has 2 N–H and O–H groups in total. The Balaban J connectivity index is 2.39. The van der Waals surface area contributed by atoms with Gasteiger partial charge in [0.25, 0.3) is 0 Å². The summed E-state index contributed by atoms with van der Waals surface area (Å²) in [5, 5.41) is 2.69. The van der Waals surface area contributed by atoms with E-state index in [1.165, 1.54) is 0 Å². The number of hydrogen-bond acceptors (Lipinski definition) is 1. The van der Waals surface area contributed by atoms with Crippen LogP contribution in [0.2, 0.25) is 0 Å². The second-order valence-corrected chi connectivity index (χ2v) is 1.96. The fraction of sp³-hybridized carbons (Fsp3) is 0.600. The maximum absolute atomic E-state index is 10.6. The lowest BCUT2D eigenvalue weighted by Gasteiger charge is -2.22. The summed E-state index contributed by atoms with van der Waals surface area (Å²) in [5.74, 6) is 0. The third-order valence-corrected chi connectivity index (χ3v) is 1.26. The van der Waals surface area contributed by atoms with Gasteiger partial charge >= 0.3 is 6.03 Å². The van der Waals surface area contributed by atoms with Gasteiger partial charge in [0.05, 0.1) is 6.54 Å². The largest absolute Gasteiger partial charge is 0.388 e. The molecule has 0 spiro atoms. The topological polar surface area (TPSA) is 33.5 Å². The fourth-order valence-corrected chi connectivity index (χ4v) is 0.742. The number of carbonyl (C=O) groups is 1. The van der Waals surface area contributed by atoms with Crippen LogP contribution in [0.25, 0.3) is 0 Å². The Kier molecular flexibility index (Phi) is 1.48. The first kappa shape index (κ1) is 5.56. The van der Waals surface area contributed by atoms with Gasteiger partial charge in [-0.25, -0.2) is 4.79 Å². The van der Waals surface area contributed by atoms with E-state index in [1.807, 2.05) is 0 Å². The Morgan fingerprint density at radius 1 is 1.75 bits per heavy atom. The van der Waals surface area contributed by atoms with Crippen molar-refractivity contribution in [1.82, 2.24) is 5.32 Å². The van der Waals surface area contributed by atoms with E-state index >= 15 is 0 Å². The smallest absolute Gasteiger partial charge is 0.384 e. The molecule has 3 nitrogen and oxygen atoms in total. The second kappa shape index (κ2) is 2.13. The lowest BCUT2D eigenvalue weighted by Crippen LogP contribution is -3.12. The van der Waals surface area contributed by atoms with Gasteiger partial charge in [-0.15, -0.1) is 7.05 Å². The first-order valence-corrected chi connectivity index (χ1v) is 2.76. The summed E-state index contributed by atoms with van der Waals surface area (Å²) in [7, 11) is 3.58. The monoisotopic (exact) mass is 114 g/mol. The standard InChI is InChI=1S/C5H10N2O/c1-7-4-2-3-6-5(7)8/h7H,1-4H2,(H,6,8). The highest BCUT2D eigenvalue weighted by molar-refractivity contribution is 5.64. The van der Waals surface area contributed by atoms with Gasteiger partial charge in [-0.3, -0.25) is 0 Å². The molecule has 1 rings (SSSR count). The Hall–Kier alpha value is -0.570. The normalized spacial score (nSPS) is 29.6. The molecule has 1 fully saturated rings. The minimum absolute atomic E-state index is 0.0243. The van der Waals surface area contributed by atoms with Crippen LogP contribution in [0.15, 0.2) is 0 Å². The predicted molar refractivity (Wildman–Crippen MR) is 29.2 cm³/mol. The molecule has 0 aromatic rings. The highest BCUT2D eigenvalue weighted by Crippen LogP contribution is 1.74. The van der Waals surface area contributed by atoms with Crippen molar-refractivity contribution in [1.29, 1.82) is 0 Å². The van der Waals surface area contributed by atoms with Crippen molar-refractivity contribution in [2.75, 3.05) is 13.1 Å². The van der Waals surface area contributed by atoms with Gasteiger partial charge in [0.2, 0.25) is 0 Å². The molecule has 0 aromatic heterocycles. The van der Waals surface area contributed by atoms with Crippen molar-refractivity contribution < 1.29 is 9.69 Å². The number of hydrogen-bond donors (Lipinski definition) is 2. The van der Waals surface area contributed by atoms with Crippen LogP contribution in [0.1, 0.15) is 6.42 Å². The minimum Gasteiger partial charge on any atom is -0.384 e. The first-order valence-electron chi connectivity index (χ1n) is 2.76. The molecule has 1 atom stereocenters. The Labute approximate surface area is 48.7 Å². The van der Waals surface area contributed by atoms with E-state index in [2.05, 4.69) is 12.4 Å². The van der Waals surface area contributed by atoms with Crippen molar-refractivity contribution in [3.63, 3.8) is 0 Å². The molecule has 1 aliphatic heterocycles. The molecule has 0 bridgehead atoms. The van der Waals surface area contributed by atoms with Crippen molar-refractivity contribution in [3.8, 4) is 0 Å². The molecule has 1 saturated heterocycles. The number of quaternary nitrogens is 1. The maximum Gasteiger partial charge on any atom is 0.388 e. The van der Waals surface area contributed by atoms with E-state index in [1.54, 1.807) is 0 Å². The summed E-state index contributed by atoms with van der Waals surface area (Å²) in [6.45, 7) is 1.68. The molecule has 1 unspecified atom stereocenters. The van der Waals surface area contributed by atoms with E-state index in [9.17, 15) is 4.79 Å². The molecule has 3 heteroatoms. The molecule has 1 heterocycles. The fourth-order valence-electron chi connectivity index (χ4n) is 0.742. The van der Waals surface area contributed by atoms with Crippen LogP contribution < -0.4 is 10.2 Å². The molecular formula is C5H10N2O. The third-order valence-electron chi connectivity index (χ3n) is 1.26. The zero-order valence-corrected chi connectivity index (χ0v) is 4.74. The SMILES string of the molecule is [CH2-][NH+]1CCCNC1=O. The number of nitrogens with one attached hydrogen (secondary N) is 2. The zero-order valence-electron chi connectivity index (χ0n) is 4.74. The Morgan fingerprint density at radius 3 is 2.88 bits per heavy atom. The maximum atomic E-state index is 10.6. The van der Waals surface area contributed by atoms with Gasteiger partial charge in [0, 0.05) is 13.0 Å². The molecule has 0 radical (unpaired) electrons. The zero-order chi connectivity index (χ0) is 5.98. The molecule has 46 valence electrons. The van der Waals surface area contributed by atoms with Gasteiger partial charge in [-0.2, -0.15) is 0 Å². The van der Waals surface area contributed by atoms with Crippen LogP contribution in [0.4, 0.5) is 4.79 Å². The van der Waals surface area contributed by atoms with Crippen molar-refractivity contribution in [3.05, 3.63) is 7.05 Å². The highest BCUT2D eigenvalue weighted by atomic mass is 16.2. The van der Waals surface area contributed by atoms with E-state index in [0.29, 0.717) is 0 Å². The second-order valence-electron chi connectivity index (χ2n) is 1.96. The van der Waals surface area contributed by atoms with Crippen LogP contribution in [0, 0.1) is 7.05 Å². The van der Waals surface area contributed by atoms with E-state index < -0.39 is 0 Å². The van der Waals surface area contributed by atoms with Crippen LogP contribution in [0.5, 0.6) is 0 Å². The lowest BCUT2D eigenvalue weighted by atomic mass is 10.3. The average Bonchev–Trinajstić information content (AvgIpc) is 1.77. The van der Waals surface area contributed by atoms with Crippen molar-refractivity contribution in [2.24, 2.45) is 0 Å². The van der Waals surface area contributed by atoms with Crippen LogP contribution >= 0.6 is 0 Å². The quantitative estimate of drug-likeness (QED) is 0.380. The Morgan fingerprint density at radius 2 is 2.50 bits per heavy atom. The summed E-state index contributed by atoms with van der Waals surface area (Å²) >= 11 is 0. The van der Waals surface area contributed by atoms with E-state index in [0.717, 1.165) is 24.4 Å².